The van der Waals surface area contributed by atoms with Crippen molar-refractivity contribution in [1.29, 1.82) is 0 Å². The molecule has 0 aliphatic heterocycles. The molecule has 0 saturated heterocycles. The van der Waals surface area contributed by atoms with Crippen molar-refractivity contribution < 1.29 is 0 Å². The van der Waals surface area contributed by atoms with Crippen LogP contribution in [0.2, 0.25) is 0 Å². The van der Waals surface area contributed by atoms with E-state index < -0.39 is 0 Å². The van der Waals surface area contributed by atoms with E-state index in [2.05, 4.69) is 17.2 Å². The summed E-state index contributed by atoms with van der Waals surface area (Å²) in [6.07, 6.45) is 0.975. The molecule has 1 atom stereocenters. The Labute approximate surface area is 71.1 Å². The van der Waals surface area contributed by atoms with Gasteiger partial charge in [0.1, 0.15) is 5.84 Å². The molecule has 0 bridgehead atoms. The van der Waals surface area contributed by atoms with Gasteiger partial charge in [0.25, 0.3) is 0 Å². The molecule has 3 heteroatoms. The summed E-state index contributed by atoms with van der Waals surface area (Å²) in [5.74, 6) is 5.89. The molecular weight excluding hydrogens is 150 g/mol. The largest absolute Gasteiger partial charge is 0.385 e. The third-order valence-electron chi connectivity index (χ3n) is 2.36. The van der Waals surface area contributed by atoms with E-state index in [4.69, 9.17) is 11.6 Å². The van der Waals surface area contributed by atoms with Gasteiger partial charge in [0.05, 0.1) is 0 Å². The maximum absolute atomic E-state index is 5.62. The minimum Gasteiger partial charge on any atom is -0.385 e. The van der Waals surface area contributed by atoms with Crippen LogP contribution in [0.15, 0.2) is 29.4 Å². The van der Waals surface area contributed by atoms with Gasteiger partial charge in [0, 0.05) is 5.92 Å². The molecule has 0 saturated carbocycles. The molecule has 2 rings (SSSR count). The van der Waals surface area contributed by atoms with Crippen LogP contribution in [-0.4, -0.2) is 5.84 Å². The number of rotatable bonds is 1. The zero-order chi connectivity index (χ0) is 8.55. The van der Waals surface area contributed by atoms with Crippen LogP contribution in [-0.2, 0) is 6.42 Å². The van der Waals surface area contributed by atoms with Crippen LogP contribution in [0.1, 0.15) is 17.0 Å². The third kappa shape index (κ3) is 0.863. The first-order valence-electron chi connectivity index (χ1n) is 3.94. The second-order valence-electron chi connectivity index (χ2n) is 3.01. The van der Waals surface area contributed by atoms with Crippen LogP contribution in [0.25, 0.3) is 0 Å². The fourth-order valence-corrected chi connectivity index (χ4v) is 1.61. The van der Waals surface area contributed by atoms with Crippen molar-refractivity contribution in [2.24, 2.45) is 16.7 Å². The molecule has 1 aliphatic rings. The van der Waals surface area contributed by atoms with Crippen LogP contribution in [0, 0.1) is 0 Å². The molecule has 1 unspecified atom stereocenters. The first-order chi connectivity index (χ1) is 5.83. The minimum atomic E-state index is 0.256. The van der Waals surface area contributed by atoms with Crippen molar-refractivity contribution in [2.45, 2.75) is 12.3 Å². The molecule has 3 nitrogen and oxygen atoms in total. The molecule has 0 fully saturated rings. The average molecular weight is 161 g/mol. The van der Waals surface area contributed by atoms with Crippen LogP contribution in [0.5, 0.6) is 0 Å². The predicted octanol–water partition coefficient (Wildman–Crippen LogP) is 0.557. The third-order valence-corrected chi connectivity index (χ3v) is 2.36. The standard InChI is InChI=1S/C9H11N3/c10-9(12-11)8-5-6-3-1-2-4-7(6)8/h1-4,8H,5,11H2,(H2,10,12). The van der Waals surface area contributed by atoms with Crippen molar-refractivity contribution in [3.05, 3.63) is 35.4 Å². The summed E-state index contributed by atoms with van der Waals surface area (Å²) in [7, 11) is 0. The minimum absolute atomic E-state index is 0.256. The Morgan fingerprint density at radius 1 is 1.42 bits per heavy atom. The van der Waals surface area contributed by atoms with E-state index in [9.17, 15) is 0 Å². The van der Waals surface area contributed by atoms with E-state index in [0.717, 1.165) is 6.42 Å². The number of nitrogens with two attached hydrogens (primary N) is 2. The van der Waals surface area contributed by atoms with Crippen molar-refractivity contribution in [3.63, 3.8) is 0 Å². The van der Waals surface area contributed by atoms with E-state index in [0.29, 0.717) is 5.84 Å². The first-order valence-corrected chi connectivity index (χ1v) is 3.94. The predicted molar refractivity (Wildman–Crippen MR) is 48.7 cm³/mol. The molecule has 1 aliphatic carbocycles. The number of fused-ring (bicyclic) bond motifs is 1. The lowest BCUT2D eigenvalue weighted by atomic mass is 9.77. The number of nitrogens with zero attached hydrogens (tertiary/aromatic N) is 1. The topological polar surface area (TPSA) is 64.4 Å². The van der Waals surface area contributed by atoms with Crippen molar-refractivity contribution in [2.75, 3.05) is 0 Å². The highest BCUT2D eigenvalue weighted by Gasteiger charge is 2.28. The molecule has 4 N–H and O–H groups in total. The first kappa shape index (κ1) is 7.16. The Kier molecular flexibility index (Phi) is 1.50. The maximum Gasteiger partial charge on any atom is 0.127 e. The van der Waals surface area contributed by atoms with Crippen molar-refractivity contribution in [1.82, 2.24) is 0 Å². The Hall–Kier alpha value is -1.51. The van der Waals surface area contributed by atoms with Crippen LogP contribution < -0.4 is 11.6 Å². The molecule has 1 aromatic carbocycles. The lowest BCUT2D eigenvalue weighted by Gasteiger charge is -2.28. The van der Waals surface area contributed by atoms with Gasteiger partial charge in [-0.25, -0.2) is 0 Å². The smallest absolute Gasteiger partial charge is 0.127 e. The number of hydrogen-bond donors (Lipinski definition) is 2. The number of amidine groups is 1. The van der Waals surface area contributed by atoms with Crippen molar-refractivity contribution >= 4 is 5.84 Å². The van der Waals surface area contributed by atoms with Gasteiger partial charge in [0.2, 0.25) is 0 Å². The molecule has 1 aromatic rings. The van der Waals surface area contributed by atoms with Gasteiger partial charge in [0.15, 0.2) is 0 Å². The summed E-state index contributed by atoms with van der Waals surface area (Å²) in [5, 5.41) is 3.50. The number of hydrogen-bond acceptors (Lipinski definition) is 2. The fraction of sp³-hybridized carbons (Fsp3) is 0.222. The molecule has 12 heavy (non-hydrogen) atoms. The summed E-state index contributed by atoms with van der Waals surface area (Å²) in [6, 6.07) is 8.22. The van der Waals surface area contributed by atoms with E-state index in [1.165, 1.54) is 11.1 Å². The molecular formula is C9H11N3. The Morgan fingerprint density at radius 2 is 2.17 bits per heavy atom. The molecule has 0 spiro atoms. The monoisotopic (exact) mass is 161 g/mol. The molecule has 62 valence electrons. The second-order valence-corrected chi connectivity index (χ2v) is 3.01. The van der Waals surface area contributed by atoms with E-state index >= 15 is 0 Å². The van der Waals surface area contributed by atoms with Crippen LogP contribution >= 0.6 is 0 Å². The highest BCUT2D eigenvalue weighted by molar-refractivity contribution is 5.89. The SMILES string of the molecule is NN=C(N)C1Cc2ccccc21. The Bertz CT molecular complexity index is 330. The lowest BCUT2D eigenvalue weighted by Crippen LogP contribution is -2.31. The Morgan fingerprint density at radius 3 is 2.83 bits per heavy atom. The molecule has 0 heterocycles. The number of hydrazone groups is 1. The van der Waals surface area contributed by atoms with Crippen molar-refractivity contribution in [3.8, 4) is 0 Å². The highest BCUT2D eigenvalue weighted by Crippen LogP contribution is 2.34. The van der Waals surface area contributed by atoms with E-state index in [-0.39, 0.29) is 5.92 Å². The van der Waals surface area contributed by atoms with Gasteiger partial charge in [-0.1, -0.05) is 24.3 Å². The summed E-state index contributed by atoms with van der Waals surface area (Å²) in [6.45, 7) is 0. The van der Waals surface area contributed by atoms with Gasteiger partial charge in [-0.05, 0) is 17.5 Å². The van der Waals surface area contributed by atoms with E-state index in [1.807, 2.05) is 12.1 Å². The maximum atomic E-state index is 5.62. The summed E-state index contributed by atoms with van der Waals surface area (Å²) < 4.78 is 0. The zero-order valence-electron chi connectivity index (χ0n) is 6.70. The summed E-state index contributed by atoms with van der Waals surface area (Å²) >= 11 is 0. The number of benzene rings is 1. The van der Waals surface area contributed by atoms with Gasteiger partial charge >= 0.3 is 0 Å². The van der Waals surface area contributed by atoms with Crippen LogP contribution in [0.4, 0.5) is 0 Å². The highest BCUT2D eigenvalue weighted by atomic mass is 15.2. The molecule has 0 radical (unpaired) electrons. The van der Waals surface area contributed by atoms with Crippen LogP contribution in [0.3, 0.4) is 0 Å². The van der Waals surface area contributed by atoms with E-state index in [1.54, 1.807) is 0 Å². The fourth-order valence-electron chi connectivity index (χ4n) is 1.61. The summed E-state index contributed by atoms with van der Waals surface area (Å²) in [5.41, 5.74) is 8.24. The summed E-state index contributed by atoms with van der Waals surface area (Å²) in [4.78, 5) is 0. The average Bonchev–Trinajstić information content (AvgIpc) is 2.07. The normalized spacial score (nSPS) is 21.3. The van der Waals surface area contributed by atoms with Gasteiger partial charge in [-0.2, -0.15) is 5.10 Å². The quantitative estimate of drug-likeness (QED) is 0.273. The molecule has 0 amide bonds. The van der Waals surface area contributed by atoms with Gasteiger partial charge in [-0.15, -0.1) is 0 Å². The molecule has 0 aromatic heterocycles. The second kappa shape index (κ2) is 2.52. The lowest BCUT2D eigenvalue weighted by molar-refractivity contribution is 0.757. The van der Waals surface area contributed by atoms with Gasteiger partial charge in [-0.3, -0.25) is 0 Å². The zero-order valence-corrected chi connectivity index (χ0v) is 6.70. The van der Waals surface area contributed by atoms with Gasteiger partial charge < -0.3 is 11.6 Å². The Balaban J connectivity index is 2.31.